The molecule has 0 amide bonds. The molecule has 2 N–H and O–H groups in total. The lowest BCUT2D eigenvalue weighted by molar-refractivity contribution is -0.137. The molecule has 170 valence electrons. The summed E-state index contributed by atoms with van der Waals surface area (Å²) in [6.07, 6.45) is 1.66. The highest BCUT2D eigenvalue weighted by atomic mass is 16.6. The zero-order valence-electron chi connectivity index (χ0n) is 18.2. The zero-order chi connectivity index (χ0) is 23.0. The molecule has 3 aromatic rings. The van der Waals surface area contributed by atoms with Crippen molar-refractivity contribution < 1.29 is 28.9 Å². The molecule has 1 atom stereocenters. The van der Waals surface area contributed by atoms with Crippen LogP contribution in [0.15, 0.2) is 79.1 Å². The van der Waals surface area contributed by atoms with E-state index in [0.29, 0.717) is 36.2 Å². The van der Waals surface area contributed by atoms with Crippen molar-refractivity contribution in [2.24, 2.45) is 0 Å². The van der Waals surface area contributed by atoms with Gasteiger partial charge in [-0.05, 0) is 23.8 Å². The first-order valence-electron chi connectivity index (χ1n) is 10.5. The highest BCUT2D eigenvalue weighted by Crippen LogP contribution is 2.38. The number of hydrogen-bond donors (Lipinski definition) is 2. The predicted octanol–water partition coefficient (Wildman–Crippen LogP) is 4.74. The second kappa shape index (κ2) is 10.6. The average Bonchev–Trinajstić information content (AvgIpc) is 3.23. The summed E-state index contributed by atoms with van der Waals surface area (Å²) in [6.45, 7) is 0.765. The van der Waals surface area contributed by atoms with Crippen LogP contribution in [0.4, 0.5) is 0 Å². The van der Waals surface area contributed by atoms with Crippen molar-refractivity contribution in [1.29, 1.82) is 0 Å². The summed E-state index contributed by atoms with van der Waals surface area (Å²) in [5.41, 5.74) is 6.37. The average molecular weight is 447 g/mol. The fraction of sp³-hybridized carbons (Fsp3) is 0.192. The summed E-state index contributed by atoms with van der Waals surface area (Å²) in [6, 6.07) is 22.9. The first kappa shape index (κ1) is 22.2. The van der Waals surface area contributed by atoms with Crippen molar-refractivity contribution in [3.05, 3.63) is 95.7 Å². The highest BCUT2D eigenvalue weighted by molar-refractivity contribution is 5.69. The SMILES string of the molecule is CONC(=COc1ccc(COc2ccc3c(c2)OCC3CC(=O)O)cc1)c1ccccc1. The Kier molecular flexibility index (Phi) is 7.12. The molecule has 1 unspecified atom stereocenters. The van der Waals surface area contributed by atoms with Gasteiger partial charge in [-0.15, -0.1) is 0 Å². The Labute approximate surface area is 192 Å². The molecule has 0 saturated carbocycles. The van der Waals surface area contributed by atoms with Crippen LogP contribution < -0.4 is 19.7 Å². The monoisotopic (exact) mass is 447 g/mol. The van der Waals surface area contributed by atoms with Gasteiger partial charge in [0.15, 0.2) is 0 Å². The molecule has 33 heavy (non-hydrogen) atoms. The van der Waals surface area contributed by atoms with Crippen molar-refractivity contribution in [2.75, 3.05) is 13.7 Å². The van der Waals surface area contributed by atoms with Crippen molar-refractivity contribution in [3.8, 4) is 17.2 Å². The van der Waals surface area contributed by atoms with Crippen LogP contribution in [-0.4, -0.2) is 24.8 Å². The molecule has 0 fully saturated rings. The minimum atomic E-state index is -0.828. The van der Waals surface area contributed by atoms with Crippen LogP contribution >= 0.6 is 0 Å². The van der Waals surface area contributed by atoms with E-state index in [1.807, 2.05) is 72.8 Å². The van der Waals surface area contributed by atoms with Crippen molar-refractivity contribution in [2.45, 2.75) is 18.9 Å². The maximum atomic E-state index is 11.0. The number of hydrogen-bond acceptors (Lipinski definition) is 6. The van der Waals surface area contributed by atoms with Crippen LogP contribution in [0, 0.1) is 0 Å². The lowest BCUT2D eigenvalue weighted by atomic mass is 9.98. The van der Waals surface area contributed by atoms with Gasteiger partial charge in [0.1, 0.15) is 35.8 Å². The second-order valence-corrected chi connectivity index (χ2v) is 7.56. The summed E-state index contributed by atoms with van der Waals surface area (Å²) in [7, 11) is 1.55. The van der Waals surface area contributed by atoms with E-state index in [4.69, 9.17) is 24.2 Å². The number of aliphatic carboxylic acids is 1. The molecular formula is C26H25NO6. The van der Waals surface area contributed by atoms with Gasteiger partial charge in [-0.25, -0.2) is 0 Å². The van der Waals surface area contributed by atoms with Crippen LogP contribution in [-0.2, 0) is 16.2 Å². The van der Waals surface area contributed by atoms with Crippen LogP contribution in [0.3, 0.4) is 0 Å². The summed E-state index contributed by atoms with van der Waals surface area (Å²) in [5, 5.41) is 9.02. The summed E-state index contributed by atoms with van der Waals surface area (Å²) in [4.78, 5) is 16.0. The Bertz CT molecular complexity index is 1110. The highest BCUT2D eigenvalue weighted by Gasteiger charge is 2.26. The minimum Gasteiger partial charge on any atom is -0.492 e. The lowest BCUT2D eigenvalue weighted by Gasteiger charge is -2.10. The normalized spacial score (nSPS) is 14.8. The number of hydroxylamine groups is 1. The van der Waals surface area contributed by atoms with E-state index < -0.39 is 5.97 Å². The third kappa shape index (κ3) is 5.84. The number of rotatable bonds is 10. The maximum absolute atomic E-state index is 11.0. The Morgan fingerprint density at radius 1 is 1.09 bits per heavy atom. The number of carboxylic acids is 1. The van der Waals surface area contributed by atoms with E-state index >= 15 is 0 Å². The van der Waals surface area contributed by atoms with Gasteiger partial charge in [0.25, 0.3) is 0 Å². The second-order valence-electron chi connectivity index (χ2n) is 7.56. The lowest BCUT2D eigenvalue weighted by Crippen LogP contribution is -2.11. The van der Waals surface area contributed by atoms with Crippen molar-refractivity contribution in [3.63, 3.8) is 0 Å². The van der Waals surface area contributed by atoms with E-state index in [0.717, 1.165) is 16.7 Å². The topological polar surface area (TPSA) is 86.3 Å². The van der Waals surface area contributed by atoms with E-state index in [9.17, 15) is 4.79 Å². The van der Waals surface area contributed by atoms with Crippen LogP contribution in [0.1, 0.15) is 29.0 Å². The van der Waals surface area contributed by atoms with Gasteiger partial charge in [-0.3, -0.25) is 15.1 Å². The molecule has 7 nitrogen and oxygen atoms in total. The molecule has 0 radical (unpaired) electrons. The van der Waals surface area contributed by atoms with Gasteiger partial charge in [-0.1, -0.05) is 48.5 Å². The Balaban J connectivity index is 1.34. The van der Waals surface area contributed by atoms with Crippen LogP contribution in [0.5, 0.6) is 17.2 Å². The Morgan fingerprint density at radius 2 is 1.85 bits per heavy atom. The zero-order valence-corrected chi connectivity index (χ0v) is 18.2. The fourth-order valence-electron chi connectivity index (χ4n) is 3.56. The largest absolute Gasteiger partial charge is 0.492 e. The summed E-state index contributed by atoms with van der Waals surface area (Å²) < 4.78 is 17.3. The van der Waals surface area contributed by atoms with Crippen molar-refractivity contribution in [1.82, 2.24) is 5.48 Å². The molecular weight excluding hydrogens is 422 g/mol. The molecule has 3 aromatic carbocycles. The molecule has 1 heterocycles. The number of carbonyl (C=O) groups is 1. The molecule has 4 rings (SSSR count). The molecule has 1 aliphatic heterocycles. The quantitative estimate of drug-likeness (QED) is 0.343. The van der Waals surface area contributed by atoms with Gasteiger partial charge in [0, 0.05) is 23.1 Å². The first-order chi connectivity index (χ1) is 16.1. The fourth-order valence-corrected chi connectivity index (χ4v) is 3.56. The predicted molar refractivity (Wildman–Crippen MR) is 123 cm³/mol. The summed E-state index contributed by atoms with van der Waals surface area (Å²) >= 11 is 0. The molecule has 0 bridgehead atoms. The number of carboxylic acid groups (broad SMARTS) is 1. The molecule has 1 aliphatic rings. The van der Waals surface area contributed by atoms with Gasteiger partial charge >= 0.3 is 5.97 Å². The van der Waals surface area contributed by atoms with E-state index in [1.165, 1.54) is 0 Å². The van der Waals surface area contributed by atoms with Crippen LogP contribution in [0.25, 0.3) is 5.70 Å². The Hall–Kier alpha value is -3.97. The molecule has 0 aromatic heterocycles. The maximum Gasteiger partial charge on any atom is 0.304 e. The molecule has 0 aliphatic carbocycles. The molecule has 0 saturated heterocycles. The van der Waals surface area contributed by atoms with Gasteiger partial charge < -0.3 is 19.3 Å². The van der Waals surface area contributed by atoms with Crippen LogP contribution in [0.2, 0.25) is 0 Å². The number of nitrogens with one attached hydrogen (secondary N) is 1. The van der Waals surface area contributed by atoms with Gasteiger partial charge in [0.2, 0.25) is 0 Å². The minimum absolute atomic E-state index is 0.0607. The molecule has 7 heteroatoms. The van der Waals surface area contributed by atoms with Crippen molar-refractivity contribution >= 4 is 11.7 Å². The number of benzene rings is 3. The number of fused-ring (bicyclic) bond motifs is 1. The smallest absolute Gasteiger partial charge is 0.304 e. The summed E-state index contributed by atoms with van der Waals surface area (Å²) in [5.74, 6) is 1.10. The molecule has 0 spiro atoms. The van der Waals surface area contributed by atoms with Gasteiger partial charge in [-0.2, -0.15) is 0 Å². The number of ether oxygens (including phenoxy) is 3. The third-order valence-corrected chi connectivity index (χ3v) is 5.22. The Morgan fingerprint density at radius 3 is 2.58 bits per heavy atom. The van der Waals surface area contributed by atoms with Gasteiger partial charge in [0.05, 0.1) is 20.1 Å². The third-order valence-electron chi connectivity index (χ3n) is 5.22. The standard InChI is InChI=1S/C26H25NO6/c1-30-27-24(19-5-3-2-4-6-19)17-32-21-9-7-18(8-10-21)15-31-22-11-12-23-20(13-26(28)29)16-33-25(23)14-22/h2-12,14,17,20,27H,13,15-16H2,1H3,(H,28,29). The van der Waals surface area contributed by atoms with E-state index in [1.54, 1.807) is 13.4 Å². The van der Waals surface area contributed by atoms with E-state index in [-0.39, 0.29) is 12.3 Å². The van der Waals surface area contributed by atoms with E-state index in [2.05, 4.69) is 5.48 Å². The first-order valence-corrected chi connectivity index (χ1v) is 10.5.